The van der Waals surface area contributed by atoms with E-state index in [-0.39, 0.29) is 23.7 Å². The van der Waals surface area contributed by atoms with Crippen molar-refractivity contribution in [1.82, 2.24) is 14.6 Å². The zero-order valence-electron chi connectivity index (χ0n) is 17.6. The zero-order chi connectivity index (χ0) is 22.0. The first-order valence-corrected chi connectivity index (χ1v) is 10.4. The molecular weight excluding hydrogens is 397 g/mol. The lowest BCUT2D eigenvalue weighted by atomic mass is 10.2. The number of anilines is 2. The van der Waals surface area contributed by atoms with Crippen LogP contribution in [0.3, 0.4) is 0 Å². The first-order valence-electron chi connectivity index (χ1n) is 10.4. The van der Waals surface area contributed by atoms with E-state index in [9.17, 15) is 14.0 Å². The van der Waals surface area contributed by atoms with Gasteiger partial charge in [-0.05, 0) is 50.2 Å². The van der Waals surface area contributed by atoms with Gasteiger partial charge in [-0.1, -0.05) is 12.1 Å². The van der Waals surface area contributed by atoms with Crippen LogP contribution in [0, 0.1) is 5.82 Å². The Kier molecular flexibility index (Phi) is 5.79. The van der Waals surface area contributed by atoms with Gasteiger partial charge in [0.15, 0.2) is 0 Å². The third-order valence-corrected chi connectivity index (χ3v) is 5.32. The fraction of sp³-hybridized carbons (Fsp3) is 0.304. The number of nitrogens with zero attached hydrogens (tertiary/aromatic N) is 3. The van der Waals surface area contributed by atoms with E-state index in [2.05, 4.69) is 15.5 Å². The van der Waals surface area contributed by atoms with Crippen molar-refractivity contribution >= 4 is 29.0 Å². The van der Waals surface area contributed by atoms with Gasteiger partial charge in [0.05, 0.1) is 11.3 Å². The van der Waals surface area contributed by atoms with E-state index < -0.39 is 5.82 Å². The first kappa shape index (κ1) is 20.7. The maximum absolute atomic E-state index is 13.9. The van der Waals surface area contributed by atoms with Gasteiger partial charge in [0.25, 0.3) is 5.91 Å². The number of pyridine rings is 1. The topological polar surface area (TPSA) is 69.1 Å². The van der Waals surface area contributed by atoms with Gasteiger partial charge in [0.2, 0.25) is 0 Å². The van der Waals surface area contributed by atoms with Gasteiger partial charge in [0, 0.05) is 43.9 Å². The SMILES string of the molecule is CC(C)NC(=O)N1CCN(c2ccc3ccc(C(=O)Nc4ccccc4F)cn23)CC1. The number of aromatic nitrogens is 1. The molecule has 0 unspecified atom stereocenters. The van der Waals surface area contributed by atoms with Crippen LogP contribution in [0.15, 0.2) is 54.7 Å². The average molecular weight is 423 g/mol. The van der Waals surface area contributed by atoms with Crippen molar-refractivity contribution in [1.29, 1.82) is 0 Å². The minimum absolute atomic E-state index is 0.0400. The van der Waals surface area contributed by atoms with Crippen LogP contribution in [-0.2, 0) is 0 Å². The molecule has 31 heavy (non-hydrogen) atoms. The number of benzene rings is 1. The highest BCUT2D eigenvalue weighted by molar-refractivity contribution is 6.04. The third-order valence-electron chi connectivity index (χ3n) is 5.32. The zero-order valence-corrected chi connectivity index (χ0v) is 17.6. The Labute approximate surface area is 180 Å². The molecule has 162 valence electrons. The molecule has 3 heterocycles. The molecule has 2 aromatic heterocycles. The molecule has 1 aliphatic heterocycles. The maximum atomic E-state index is 13.9. The lowest BCUT2D eigenvalue weighted by molar-refractivity contribution is 0.102. The Hall–Kier alpha value is -3.55. The summed E-state index contributed by atoms with van der Waals surface area (Å²) >= 11 is 0. The molecule has 2 N–H and O–H groups in total. The first-order chi connectivity index (χ1) is 14.9. The van der Waals surface area contributed by atoms with Crippen LogP contribution in [0.1, 0.15) is 24.2 Å². The Morgan fingerprint density at radius 1 is 0.968 bits per heavy atom. The minimum Gasteiger partial charge on any atom is -0.354 e. The molecule has 0 atom stereocenters. The number of amides is 3. The predicted molar refractivity (Wildman–Crippen MR) is 119 cm³/mol. The molecule has 0 spiro atoms. The number of fused-ring (bicyclic) bond motifs is 1. The number of piperazine rings is 1. The Morgan fingerprint density at radius 3 is 2.39 bits per heavy atom. The summed E-state index contributed by atoms with van der Waals surface area (Å²) in [5, 5.41) is 5.55. The van der Waals surface area contributed by atoms with Crippen LogP contribution in [0.2, 0.25) is 0 Å². The highest BCUT2D eigenvalue weighted by atomic mass is 19.1. The van der Waals surface area contributed by atoms with Crippen LogP contribution in [0.25, 0.3) is 5.52 Å². The predicted octanol–water partition coefficient (Wildman–Crippen LogP) is 3.57. The second-order valence-corrected chi connectivity index (χ2v) is 7.92. The van der Waals surface area contributed by atoms with Crippen molar-refractivity contribution < 1.29 is 14.0 Å². The summed E-state index contributed by atoms with van der Waals surface area (Å²) in [4.78, 5) is 28.9. The molecule has 7 nitrogen and oxygen atoms in total. The van der Waals surface area contributed by atoms with Crippen LogP contribution in [0.5, 0.6) is 0 Å². The summed E-state index contributed by atoms with van der Waals surface area (Å²) in [5.74, 6) is 0.110. The normalized spacial score (nSPS) is 14.2. The quantitative estimate of drug-likeness (QED) is 0.674. The van der Waals surface area contributed by atoms with Gasteiger partial charge >= 0.3 is 6.03 Å². The summed E-state index contributed by atoms with van der Waals surface area (Å²) in [6, 6.07) is 13.8. The number of hydrogen-bond donors (Lipinski definition) is 2. The number of carbonyl (C=O) groups is 2. The minimum atomic E-state index is -0.474. The van der Waals surface area contributed by atoms with Crippen molar-refractivity contribution in [3.8, 4) is 0 Å². The standard InChI is InChI=1S/C23H26FN5O2/c1-16(2)25-23(31)28-13-11-27(12-14-28)21-10-9-18-8-7-17(15-29(18)21)22(30)26-20-6-4-3-5-19(20)24/h3-10,15-16H,11-14H2,1-2H3,(H,25,31)(H,26,30). The van der Waals surface area contributed by atoms with Crippen molar-refractivity contribution in [3.63, 3.8) is 0 Å². The molecule has 0 saturated carbocycles. The van der Waals surface area contributed by atoms with Crippen molar-refractivity contribution in [2.24, 2.45) is 0 Å². The number of hydrogen-bond acceptors (Lipinski definition) is 3. The van der Waals surface area contributed by atoms with E-state index >= 15 is 0 Å². The van der Waals surface area contributed by atoms with E-state index in [1.54, 1.807) is 24.4 Å². The van der Waals surface area contributed by atoms with Gasteiger partial charge in [-0.3, -0.25) is 4.79 Å². The molecule has 3 amide bonds. The molecule has 1 aliphatic rings. The van der Waals surface area contributed by atoms with E-state index in [0.29, 0.717) is 31.7 Å². The highest BCUT2D eigenvalue weighted by Gasteiger charge is 2.23. The van der Waals surface area contributed by atoms with Gasteiger partial charge in [0.1, 0.15) is 11.6 Å². The van der Waals surface area contributed by atoms with E-state index in [1.807, 2.05) is 41.3 Å². The lowest BCUT2D eigenvalue weighted by Gasteiger charge is -2.36. The van der Waals surface area contributed by atoms with Crippen LogP contribution >= 0.6 is 0 Å². The Morgan fingerprint density at radius 2 is 1.68 bits per heavy atom. The smallest absolute Gasteiger partial charge is 0.317 e. The fourth-order valence-electron chi connectivity index (χ4n) is 3.71. The van der Waals surface area contributed by atoms with Gasteiger partial charge < -0.3 is 24.8 Å². The van der Waals surface area contributed by atoms with Gasteiger partial charge in [-0.15, -0.1) is 0 Å². The number of urea groups is 1. The molecule has 1 saturated heterocycles. The molecule has 1 aromatic carbocycles. The second kappa shape index (κ2) is 8.67. The summed E-state index contributed by atoms with van der Waals surface area (Å²) in [5.41, 5.74) is 1.54. The Balaban J connectivity index is 1.50. The summed E-state index contributed by atoms with van der Waals surface area (Å²) in [6.45, 7) is 6.53. The number of nitrogens with one attached hydrogen (secondary N) is 2. The van der Waals surface area contributed by atoms with E-state index in [1.165, 1.54) is 12.1 Å². The maximum Gasteiger partial charge on any atom is 0.317 e. The van der Waals surface area contributed by atoms with Crippen molar-refractivity contribution in [2.45, 2.75) is 19.9 Å². The third kappa shape index (κ3) is 4.47. The monoisotopic (exact) mass is 423 g/mol. The molecule has 4 rings (SSSR count). The number of rotatable bonds is 4. The molecular formula is C23H26FN5O2. The Bertz CT molecular complexity index is 1100. The van der Waals surface area contributed by atoms with Gasteiger partial charge in [-0.25, -0.2) is 9.18 Å². The van der Waals surface area contributed by atoms with Crippen LogP contribution in [0.4, 0.5) is 20.7 Å². The number of para-hydroxylation sites is 1. The summed E-state index contributed by atoms with van der Waals surface area (Å²) in [7, 11) is 0. The highest BCUT2D eigenvalue weighted by Crippen LogP contribution is 2.22. The van der Waals surface area contributed by atoms with Crippen LogP contribution < -0.4 is 15.5 Å². The van der Waals surface area contributed by atoms with Crippen molar-refractivity contribution in [2.75, 3.05) is 36.4 Å². The number of halogens is 1. The summed E-state index contributed by atoms with van der Waals surface area (Å²) in [6.07, 6.45) is 1.76. The van der Waals surface area contributed by atoms with Gasteiger partial charge in [-0.2, -0.15) is 0 Å². The molecule has 0 aliphatic carbocycles. The average Bonchev–Trinajstić information content (AvgIpc) is 3.18. The molecule has 3 aromatic rings. The van der Waals surface area contributed by atoms with E-state index in [4.69, 9.17) is 0 Å². The number of carbonyl (C=O) groups excluding carboxylic acids is 2. The van der Waals surface area contributed by atoms with E-state index in [0.717, 1.165) is 11.3 Å². The van der Waals surface area contributed by atoms with Crippen molar-refractivity contribution in [3.05, 3.63) is 66.1 Å². The second-order valence-electron chi connectivity index (χ2n) is 7.92. The summed E-state index contributed by atoms with van der Waals surface area (Å²) < 4.78 is 15.8. The molecule has 1 fully saturated rings. The fourth-order valence-corrected chi connectivity index (χ4v) is 3.71. The molecule has 0 bridgehead atoms. The molecule has 8 heteroatoms. The molecule has 0 radical (unpaired) electrons. The lowest BCUT2D eigenvalue weighted by Crippen LogP contribution is -2.53. The largest absolute Gasteiger partial charge is 0.354 e. The van der Waals surface area contributed by atoms with Crippen LogP contribution in [-0.4, -0.2) is 53.5 Å².